The smallest absolute Gasteiger partial charge is 0.319 e. The molecule has 2 N–H and O–H groups in total. The minimum Gasteiger partial charge on any atom is -0.488 e. The second-order valence-corrected chi connectivity index (χ2v) is 9.44. The van der Waals surface area contributed by atoms with E-state index in [-0.39, 0.29) is 42.5 Å². The van der Waals surface area contributed by atoms with E-state index in [1.807, 2.05) is 4.90 Å². The molecule has 0 spiro atoms. The number of nitriles is 1. The summed E-state index contributed by atoms with van der Waals surface area (Å²) in [4.78, 5) is 31.2. The van der Waals surface area contributed by atoms with Gasteiger partial charge >= 0.3 is 6.01 Å². The lowest BCUT2D eigenvalue weighted by Crippen LogP contribution is -2.36. The number of alkyl halides is 2. The van der Waals surface area contributed by atoms with E-state index in [4.69, 9.17) is 20.5 Å². The molecule has 4 rings (SSSR count). The molecule has 3 heterocycles. The number of ether oxygens (including phenoxy) is 2. The molecule has 0 unspecified atom stereocenters. The number of halogens is 2. The Morgan fingerprint density at radius 2 is 2.06 bits per heavy atom. The van der Waals surface area contributed by atoms with Crippen molar-refractivity contribution in [3.63, 3.8) is 0 Å². The van der Waals surface area contributed by atoms with Crippen molar-refractivity contribution < 1.29 is 23.0 Å². The minimum absolute atomic E-state index is 0.0210. The lowest BCUT2D eigenvalue weighted by Gasteiger charge is -2.32. The second-order valence-electron chi connectivity index (χ2n) is 9.44. The molecular formula is C24H29F2N7O3. The number of carbonyl (C=O) groups excluding carboxylic acids is 1. The maximum absolute atomic E-state index is 13.3. The van der Waals surface area contributed by atoms with Crippen LogP contribution in [-0.4, -0.2) is 57.9 Å². The van der Waals surface area contributed by atoms with E-state index in [2.05, 4.69) is 26.0 Å². The highest BCUT2D eigenvalue weighted by Crippen LogP contribution is 2.38. The maximum atomic E-state index is 13.3. The van der Waals surface area contributed by atoms with Gasteiger partial charge < -0.3 is 20.1 Å². The topological polar surface area (TPSA) is 140 Å². The fraction of sp³-hybridized carbons (Fsp3) is 0.583. The first-order valence-corrected chi connectivity index (χ1v) is 12.0. The summed E-state index contributed by atoms with van der Waals surface area (Å²) in [5.74, 6) is -1.82. The zero-order valence-corrected chi connectivity index (χ0v) is 20.1. The molecule has 12 heteroatoms. The summed E-state index contributed by atoms with van der Waals surface area (Å²) in [6.45, 7) is 2.85. The number of nitrogens with zero attached hydrogens (tertiary/aromatic N) is 6. The van der Waals surface area contributed by atoms with E-state index in [9.17, 15) is 13.6 Å². The fourth-order valence-corrected chi connectivity index (χ4v) is 3.99. The van der Waals surface area contributed by atoms with E-state index >= 15 is 0 Å². The van der Waals surface area contributed by atoms with Gasteiger partial charge in [-0.2, -0.15) is 15.2 Å². The van der Waals surface area contributed by atoms with Crippen LogP contribution in [0.4, 0.5) is 20.4 Å². The van der Waals surface area contributed by atoms with Gasteiger partial charge in [-0.25, -0.2) is 18.7 Å². The molecule has 1 saturated heterocycles. The Morgan fingerprint density at radius 1 is 1.28 bits per heavy atom. The van der Waals surface area contributed by atoms with Crippen molar-refractivity contribution in [2.24, 2.45) is 17.8 Å². The van der Waals surface area contributed by atoms with Gasteiger partial charge in [0.05, 0.1) is 31.4 Å². The minimum atomic E-state index is -2.94. The average molecular weight is 502 g/mol. The highest BCUT2D eigenvalue weighted by molar-refractivity contribution is 5.95. The number of aromatic nitrogens is 4. The normalized spacial score (nSPS) is 20.0. The van der Waals surface area contributed by atoms with Crippen LogP contribution in [0.15, 0.2) is 18.6 Å². The van der Waals surface area contributed by atoms with Crippen LogP contribution in [0.1, 0.15) is 49.5 Å². The van der Waals surface area contributed by atoms with E-state index in [0.717, 1.165) is 26.2 Å². The van der Waals surface area contributed by atoms with Crippen molar-refractivity contribution in [3.05, 3.63) is 24.3 Å². The van der Waals surface area contributed by atoms with Gasteiger partial charge in [0, 0.05) is 37.9 Å². The van der Waals surface area contributed by atoms with Crippen LogP contribution >= 0.6 is 0 Å². The van der Waals surface area contributed by atoms with Gasteiger partial charge in [0.1, 0.15) is 17.8 Å². The van der Waals surface area contributed by atoms with Gasteiger partial charge in [0.15, 0.2) is 17.4 Å². The summed E-state index contributed by atoms with van der Waals surface area (Å²) in [6.07, 6.45) is 4.38. The van der Waals surface area contributed by atoms with Gasteiger partial charge in [-0.05, 0) is 32.1 Å². The molecule has 36 heavy (non-hydrogen) atoms. The molecule has 2 aromatic heterocycles. The number of anilines is 2. The molecular weight excluding hydrogens is 472 g/mol. The number of nitrogen functional groups attached to an aromatic ring is 1. The Bertz CT molecular complexity index is 1110. The van der Waals surface area contributed by atoms with Crippen molar-refractivity contribution in [1.82, 2.24) is 19.9 Å². The molecule has 0 amide bonds. The molecule has 2 aromatic rings. The van der Waals surface area contributed by atoms with Crippen LogP contribution in [-0.2, 0) is 0 Å². The largest absolute Gasteiger partial charge is 0.488 e. The lowest BCUT2D eigenvalue weighted by atomic mass is 9.98. The maximum Gasteiger partial charge on any atom is 0.319 e. The zero-order chi connectivity index (χ0) is 25.7. The van der Waals surface area contributed by atoms with Crippen LogP contribution in [0.25, 0.3) is 0 Å². The van der Waals surface area contributed by atoms with Crippen LogP contribution in [0.3, 0.4) is 0 Å². The van der Waals surface area contributed by atoms with Crippen LogP contribution in [0, 0.1) is 29.1 Å². The molecule has 2 aliphatic rings. The molecule has 0 bridgehead atoms. The fourth-order valence-electron chi connectivity index (χ4n) is 3.99. The number of ketones is 1. The molecule has 1 aliphatic carbocycles. The highest BCUT2D eigenvalue weighted by atomic mass is 19.3. The van der Waals surface area contributed by atoms with E-state index < -0.39 is 18.1 Å². The number of Topliss-reactive ketones (excluding diaryl/α,β-unsaturated/α-hetero) is 1. The SMILES string of the molecule is CC(F)(F)CCC(=O)c1cc(N2CCC(COc3cncnc3N)CC2)nc(OC[C@H]2C[C@H]2C#N)n1. The third kappa shape index (κ3) is 6.96. The number of hydrogen-bond acceptors (Lipinski definition) is 10. The third-order valence-corrected chi connectivity index (χ3v) is 6.40. The lowest BCUT2D eigenvalue weighted by molar-refractivity contribution is 0.0112. The van der Waals surface area contributed by atoms with Crippen molar-refractivity contribution in [2.75, 3.05) is 36.9 Å². The van der Waals surface area contributed by atoms with Crippen LogP contribution < -0.4 is 20.1 Å². The molecule has 10 nitrogen and oxygen atoms in total. The number of piperidine rings is 1. The number of carbonyl (C=O) groups is 1. The van der Waals surface area contributed by atoms with Crippen molar-refractivity contribution in [3.8, 4) is 17.8 Å². The molecule has 0 aromatic carbocycles. The van der Waals surface area contributed by atoms with Crippen LogP contribution in [0.5, 0.6) is 11.8 Å². The van der Waals surface area contributed by atoms with Gasteiger partial charge in [-0.3, -0.25) is 4.79 Å². The monoisotopic (exact) mass is 501 g/mol. The Balaban J connectivity index is 1.40. The third-order valence-electron chi connectivity index (χ3n) is 6.40. The summed E-state index contributed by atoms with van der Waals surface area (Å²) >= 11 is 0. The summed E-state index contributed by atoms with van der Waals surface area (Å²) in [7, 11) is 0. The van der Waals surface area contributed by atoms with Gasteiger partial charge in [0.25, 0.3) is 0 Å². The van der Waals surface area contributed by atoms with E-state index in [1.54, 1.807) is 0 Å². The van der Waals surface area contributed by atoms with Crippen LogP contribution in [0.2, 0.25) is 0 Å². The predicted octanol–water partition coefficient (Wildman–Crippen LogP) is 3.30. The molecule has 1 saturated carbocycles. The van der Waals surface area contributed by atoms with E-state index in [0.29, 0.717) is 37.1 Å². The molecule has 2 atom stereocenters. The Hall–Kier alpha value is -3.62. The molecule has 192 valence electrons. The summed E-state index contributed by atoms with van der Waals surface area (Å²) in [6, 6.07) is 3.76. The first-order valence-electron chi connectivity index (χ1n) is 12.0. The quantitative estimate of drug-likeness (QED) is 0.456. The number of hydrogen-bond donors (Lipinski definition) is 1. The molecule has 1 aliphatic heterocycles. The molecule has 0 radical (unpaired) electrons. The van der Waals surface area contributed by atoms with Gasteiger partial charge in [0.2, 0.25) is 5.92 Å². The summed E-state index contributed by atoms with van der Waals surface area (Å²) in [5, 5.41) is 9.00. The van der Waals surface area contributed by atoms with E-state index in [1.165, 1.54) is 18.6 Å². The second kappa shape index (κ2) is 11.0. The zero-order valence-electron chi connectivity index (χ0n) is 20.1. The Labute approximate surface area is 207 Å². The summed E-state index contributed by atoms with van der Waals surface area (Å²) in [5.41, 5.74) is 5.85. The average Bonchev–Trinajstić information content (AvgIpc) is 3.64. The summed E-state index contributed by atoms with van der Waals surface area (Å²) < 4.78 is 38.1. The standard InChI is InChI=1S/C24H29F2N7O3/c1-24(25,26)5-2-19(34)18-9-21(32-23(31-18)36-13-17-8-16(17)10-27)33-6-3-15(4-7-33)12-35-20-11-29-14-30-22(20)28/h9,11,14-17H,2-8,12-13H2,1H3,(H2,28,29,30)/t16-,17+/m0/s1. The number of rotatable bonds is 11. The Kier molecular flexibility index (Phi) is 7.76. The first-order chi connectivity index (χ1) is 17.2. The predicted molar refractivity (Wildman–Crippen MR) is 126 cm³/mol. The highest BCUT2D eigenvalue weighted by Gasteiger charge is 2.38. The van der Waals surface area contributed by atoms with Crippen molar-refractivity contribution >= 4 is 17.4 Å². The van der Waals surface area contributed by atoms with Crippen molar-refractivity contribution in [2.45, 2.75) is 45.0 Å². The van der Waals surface area contributed by atoms with Gasteiger partial charge in [-0.15, -0.1) is 0 Å². The first kappa shape index (κ1) is 25.5. The Morgan fingerprint density at radius 3 is 2.72 bits per heavy atom. The van der Waals surface area contributed by atoms with Crippen molar-refractivity contribution in [1.29, 1.82) is 5.26 Å². The van der Waals surface area contributed by atoms with Gasteiger partial charge in [-0.1, -0.05) is 0 Å². The molecule has 2 fully saturated rings. The number of nitrogens with two attached hydrogens (primary N) is 1.